The predicted octanol–water partition coefficient (Wildman–Crippen LogP) is 6.31. The van der Waals surface area contributed by atoms with E-state index in [2.05, 4.69) is 4.98 Å². The van der Waals surface area contributed by atoms with Crippen molar-refractivity contribution in [3.05, 3.63) is 99.3 Å². The summed E-state index contributed by atoms with van der Waals surface area (Å²) in [6, 6.07) is 18.1. The van der Waals surface area contributed by atoms with Gasteiger partial charge in [0.15, 0.2) is 5.16 Å². The SMILES string of the molecule is Cc1cc(C)cc(-n2c(SCc3cccc(C(F)(F)F)c3)nc3ccccc3c2=O)c1. The van der Waals surface area contributed by atoms with E-state index in [0.717, 1.165) is 23.3 Å². The summed E-state index contributed by atoms with van der Waals surface area (Å²) in [5.74, 6) is 0.250. The minimum atomic E-state index is -4.40. The average molecular weight is 440 g/mol. The number of benzene rings is 3. The van der Waals surface area contributed by atoms with Gasteiger partial charge in [0.2, 0.25) is 0 Å². The van der Waals surface area contributed by atoms with E-state index < -0.39 is 11.7 Å². The third-order valence-corrected chi connectivity index (χ3v) is 5.84. The highest BCUT2D eigenvalue weighted by Gasteiger charge is 2.30. The maximum Gasteiger partial charge on any atom is 0.416 e. The fourth-order valence-electron chi connectivity index (χ4n) is 3.50. The van der Waals surface area contributed by atoms with Gasteiger partial charge in [-0.15, -0.1) is 0 Å². The molecule has 0 atom stereocenters. The molecule has 7 heteroatoms. The van der Waals surface area contributed by atoms with Crippen molar-refractivity contribution < 1.29 is 13.2 Å². The molecule has 3 nitrogen and oxygen atoms in total. The second-order valence-electron chi connectivity index (χ2n) is 7.38. The number of aromatic nitrogens is 2. The van der Waals surface area contributed by atoms with Gasteiger partial charge in [0.05, 0.1) is 22.2 Å². The Labute approximate surface area is 181 Å². The Balaban J connectivity index is 1.81. The van der Waals surface area contributed by atoms with Crippen molar-refractivity contribution in [2.45, 2.75) is 30.9 Å². The van der Waals surface area contributed by atoms with Crippen molar-refractivity contribution in [3.63, 3.8) is 0 Å². The third kappa shape index (κ3) is 4.51. The van der Waals surface area contributed by atoms with Crippen molar-refractivity contribution in [1.82, 2.24) is 9.55 Å². The maximum atomic E-state index is 13.3. The number of hydrogen-bond donors (Lipinski definition) is 0. The van der Waals surface area contributed by atoms with Gasteiger partial charge in [0.1, 0.15) is 0 Å². The lowest BCUT2D eigenvalue weighted by Gasteiger charge is -2.15. The van der Waals surface area contributed by atoms with Gasteiger partial charge >= 0.3 is 6.18 Å². The van der Waals surface area contributed by atoms with E-state index in [4.69, 9.17) is 0 Å². The Bertz CT molecular complexity index is 1310. The molecule has 1 aromatic heterocycles. The zero-order valence-electron chi connectivity index (χ0n) is 16.9. The molecule has 0 aliphatic heterocycles. The molecule has 0 aliphatic carbocycles. The molecular formula is C24H19F3N2OS. The number of thioether (sulfide) groups is 1. The number of para-hydroxylation sites is 1. The first kappa shape index (κ1) is 21.2. The topological polar surface area (TPSA) is 34.9 Å². The molecular weight excluding hydrogens is 421 g/mol. The molecule has 158 valence electrons. The summed E-state index contributed by atoms with van der Waals surface area (Å²) in [6.07, 6.45) is -4.40. The fraction of sp³-hybridized carbons (Fsp3) is 0.167. The summed E-state index contributed by atoms with van der Waals surface area (Å²) in [5.41, 5.74) is 2.86. The molecule has 3 aromatic carbocycles. The highest BCUT2D eigenvalue weighted by Crippen LogP contribution is 2.31. The number of rotatable bonds is 4. The molecule has 0 aliphatic rings. The summed E-state index contributed by atoms with van der Waals surface area (Å²) < 4.78 is 40.7. The maximum absolute atomic E-state index is 13.3. The minimum absolute atomic E-state index is 0.206. The van der Waals surface area contributed by atoms with Crippen molar-refractivity contribution in [2.75, 3.05) is 0 Å². The van der Waals surface area contributed by atoms with Crippen LogP contribution in [0.15, 0.2) is 76.7 Å². The van der Waals surface area contributed by atoms with E-state index in [1.165, 1.54) is 17.8 Å². The summed E-state index contributed by atoms with van der Waals surface area (Å²) in [7, 11) is 0. The van der Waals surface area contributed by atoms with Crippen molar-refractivity contribution in [3.8, 4) is 5.69 Å². The standard InChI is InChI=1S/C24H19F3N2OS/c1-15-10-16(2)12-19(11-15)29-22(30)20-8-3-4-9-21(20)28-23(29)31-14-17-6-5-7-18(13-17)24(25,26)27/h3-13H,14H2,1-2H3. The van der Waals surface area contributed by atoms with Crippen LogP contribution in [-0.2, 0) is 11.9 Å². The van der Waals surface area contributed by atoms with Gasteiger partial charge in [-0.3, -0.25) is 9.36 Å². The van der Waals surface area contributed by atoms with E-state index >= 15 is 0 Å². The molecule has 0 bridgehead atoms. The van der Waals surface area contributed by atoms with Gasteiger partial charge in [-0.05, 0) is 60.9 Å². The van der Waals surface area contributed by atoms with E-state index in [9.17, 15) is 18.0 Å². The number of fused-ring (bicyclic) bond motifs is 1. The molecule has 0 spiro atoms. The summed E-state index contributed by atoms with van der Waals surface area (Å²) in [5, 5.41) is 0.927. The average Bonchev–Trinajstić information content (AvgIpc) is 2.71. The number of aryl methyl sites for hydroxylation is 2. The molecule has 1 heterocycles. The minimum Gasteiger partial charge on any atom is -0.268 e. The molecule has 0 unspecified atom stereocenters. The molecule has 0 N–H and O–H groups in total. The quantitative estimate of drug-likeness (QED) is 0.275. The van der Waals surface area contributed by atoms with Crippen LogP contribution >= 0.6 is 11.8 Å². The second kappa shape index (κ2) is 8.23. The van der Waals surface area contributed by atoms with Gasteiger partial charge < -0.3 is 0 Å². The van der Waals surface area contributed by atoms with Crippen LogP contribution in [0.3, 0.4) is 0 Å². The summed E-state index contributed by atoms with van der Waals surface area (Å²) in [6.45, 7) is 3.90. The number of halogens is 3. The van der Waals surface area contributed by atoms with Crippen LogP contribution in [-0.4, -0.2) is 9.55 Å². The van der Waals surface area contributed by atoms with Crippen LogP contribution in [0.1, 0.15) is 22.3 Å². The van der Waals surface area contributed by atoms with Crippen molar-refractivity contribution in [2.24, 2.45) is 0 Å². The molecule has 0 radical (unpaired) electrons. The lowest BCUT2D eigenvalue weighted by molar-refractivity contribution is -0.137. The van der Waals surface area contributed by atoms with Crippen LogP contribution in [0, 0.1) is 13.8 Å². The zero-order valence-corrected chi connectivity index (χ0v) is 17.7. The Morgan fingerprint density at radius 2 is 1.65 bits per heavy atom. The van der Waals surface area contributed by atoms with Gasteiger partial charge in [-0.1, -0.05) is 48.2 Å². The first-order chi connectivity index (χ1) is 14.7. The molecule has 0 fully saturated rings. The Kier molecular flexibility index (Phi) is 5.62. The Morgan fingerprint density at radius 1 is 0.935 bits per heavy atom. The first-order valence-electron chi connectivity index (χ1n) is 9.62. The van der Waals surface area contributed by atoms with Gasteiger partial charge in [-0.25, -0.2) is 4.98 Å². The van der Waals surface area contributed by atoms with Crippen LogP contribution in [0.5, 0.6) is 0 Å². The van der Waals surface area contributed by atoms with Crippen LogP contribution in [0.2, 0.25) is 0 Å². The number of alkyl halides is 3. The van der Waals surface area contributed by atoms with Gasteiger partial charge in [0, 0.05) is 5.75 Å². The van der Waals surface area contributed by atoms with Crippen LogP contribution < -0.4 is 5.56 Å². The zero-order chi connectivity index (χ0) is 22.2. The normalized spacial score (nSPS) is 11.8. The fourth-order valence-corrected chi connectivity index (χ4v) is 4.46. The summed E-state index contributed by atoms with van der Waals surface area (Å²) >= 11 is 1.24. The van der Waals surface area contributed by atoms with Gasteiger partial charge in [-0.2, -0.15) is 13.2 Å². The molecule has 31 heavy (non-hydrogen) atoms. The molecule has 4 rings (SSSR count). The smallest absolute Gasteiger partial charge is 0.268 e. The largest absolute Gasteiger partial charge is 0.416 e. The number of nitrogens with zero attached hydrogens (tertiary/aromatic N) is 2. The highest BCUT2D eigenvalue weighted by molar-refractivity contribution is 7.98. The monoisotopic (exact) mass is 440 g/mol. The van der Waals surface area contributed by atoms with E-state index in [-0.39, 0.29) is 11.3 Å². The predicted molar refractivity (Wildman–Crippen MR) is 118 cm³/mol. The van der Waals surface area contributed by atoms with Crippen molar-refractivity contribution in [1.29, 1.82) is 0 Å². The van der Waals surface area contributed by atoms with E-state index in [0.29, 0.717) is 27.3 Å². The number of hydrogen-bond acceptors (Lipinski definition) is 3. The highest BCUT2D eigenvalue weighted by atomic mass is 32.2. The molecule has 0 saturated heterocycles. The Morgan fingerprint density at radius 3 is 2.35 bits per heavy atom. The lowest BCUT2D eigenvalue weighted by atomic mass is 10.1. The van der Waals surface area contributed by atoms with E-state index in [1.54, 1.807) is 34.9 Å². The van der Waals surface area contributed by atoms with Crippen molar-refractivity contribution >= 4 is 22.7 Å². The Hall–Kier alpha value is -3.06. The van der Waals surface area contributed by atoms with E-state index in [1.807, 2.05) is 32.0 Å². The molecule has 0 amide bonds. The molecule has 4 aromatic rings. The van der Waals surface area contributed by atoms with Crippen LogP contribution in [0.25, 0.3) is 16.6 Å². The molecule has 0 saturated carbocycles. The third-order valence-electron chi connectivity index (χ3n) is 4.83. The van der Waals surface area contributed by atoms with Gasteiger partial charge in [0.25, 0.3) is 5.56 Å². The van der Waals surface area contributed by atoms with Crippen LogP contribution in [0.4, 0.5) is 13.2 Å². The lowest BCUT2D eigenvalue weighted by Crippen LogP contribution is -2.22. The summed E-state index contributed by atoms with van der Waals surface area (Å²) in [4.78, 5) is 18.0. The first-order valence-corrected chi connectivity index (χ1v) is 10.6. The second-order valence-corrected chi connectivity index (χ2v) is 8.33.